The molecule has 1 heterocycles. The van der Waals surface area contributed by atoms with Crippen LogP contribution in [0, 0.1) is 0 Å². The fraction of sp³-hybridized carbons (Fsp3) is 0.522. The Kier molecular flexibility index (Phi) is 9.63. The number of hydrazone groups is 1. The van der Waals surface area contributed by atoms with Crippen molar-refractivity contribution in [1.29, 1.82) is 0 Å². The minimum Gasteiger partial charge on any atom is -0.481 e. The molecule has 7 N–H and O–H groups in total. The Hall–Kier alpha value is -3.72. The van der Waals surface area contributed by atoms with Crippen LogP contribution in [-0.2, 0) is 24.4 Å². The van der Waals surface area contributed by atoms with E-state index < -0.39 is 46.2 Å². The van der Waals surface area contributed by atoms with E-state index in [9.17, 15) is 27.6 Å². The number of hydrogen-bond acceptors (Lipinski definition) is 8. The van der Waals surface area contributed by atoms with Crippen molar-refractivity contribution in [1.82, 2.24) is 19.8 Å². The smallest absolute Gasteiger partial charge is 0.305 e. The minimum atomic E-state index is -4.30. The Labute approximate surface area is 220 Å². The number of likely N-dealkylation sites (tertiary alicyclic amines) is 1. The number of hydrogen-bond donors (Lipinski definition) is 5. The monoisotopic (exact) mass is 551 g/mol. The number of benzene rings is 1. The van der Waals surface area contributed by atoms with Crippen molar-refractivity contribution in [2.75, 3.05) is 19.6 Å². The van der Waals surface area contributed by atoms with Crippen molar-refractivity contribution in [3.63, 3.8) is 0 Å². The highest BCUT2D eigenvalue weighted by molar-refractivity contribution is 7.89. The molecule has 1 saturated heterocycles. The molecule has 2 fully saturated rings. The molecule has 1 saturated carbocycles. The third-order valence-corrected chi connectivity index (χ3v) is 7.81. The molecule has 1 aliphatic heterocycles. The van der Waals surface area contributed by atoms with Crippen LogP contribution in [0.2, 0.25) is 0 Å². The maximum absolute atomic E-state index is 13.5. The number of nitrogens with two attached hydrogens (primary N) is 2. The zero-order valence-electron chi connectivity index (χ0n) is 20.8. The number of carboxylic acid groups (broad SMARTS) is 1. The van der Waals surface area contributed by atoms with Crippen molar-refractivity contribution in [3.8, 4) is 0 Å². The molecule has 0 bridgehead atoms. The van der Waals surface area contributed by atoms with E-state index >= 15 is 0 Å². The lowest BCUT2D eigenvalue weighted by molar-refractivity contribution is -0.140. The van der Waals surface area contributed by atoms with Gasteiger partial charge >= 0.3 is 5.97 Å². The molecule has 2 atom stereocenters. The Morgan fingerprint density at radius 1 is 1.18 bits per heavy atom. The van der Waals surface area contributed by atoms with Crippen LogP contribution in [0.3, 0.4) is 0 Å². The molecule has 3 rings (SSSR count). The first kappa shape index (κ1) is 28.8. The van der Waals surface area contributed by atoms with Gasteiger partial charge in [0.05, 0.1) is 17.7 Å². The summed E-state index contributed by atoms with van der Waals surface area (Å²) >= 11 is 0. The van der Waals surface area contributed by atoms with Crippen molar-refractivity contribution in [2.24, 2.45) is 16.7 Å². The van der Waals surface area contributed by atoms with Gasteiger partial charge in [-0.15, -0.1) is 0 Å². The van der Waals surface area contributed by atoms with E-state index in [4.69, 9.17) is 16.7 Å². The van der Waals surface area contributed by atoms with Crippen LogP contribution in [0.25, 0.3) is 0 Å². The van der Waals surface area contributed by atoms with E-state index in [2.05, 4.69) is 15.1 Å². The number of nitrogens with one attached hydrogen (secondary N) is 2. The zero-order valence-corrected chi connectivity index (χ0v) is 21.6. The number of aliphatic carboxylic acids is 1. The minimum absolute atomic E-state index is 0.103. The van der Waals surface area contributed by atoms with Crippen molar-refractivity contribution < 1.29 is 32.7 Å². The average Bonchev–Trinajstić information content (AvgIpc) is 3.69. The zero-order chi connectivity index (χ0) is 27.9. The second-order valence-corrected chi connectivity index (χ2v) is 11.1. The number of primary amides is 1. The van der Waals surface area contributed by atoms with Crippen molar-refractivity contribution >= 4 is 40.1 Å². The third kappa shape index (κ3) is 8.14. The summed E-state index contributed by atoms with van der Waals surface area (Å²) in [6.45, 7) is 1.07. The van der Waals surface area contributed by atoms with Gasteiger partial charge in [0.15, 0.2) is 0 Å². The van der Waals surface area contributed by atoms with Crippen LogP contribution in [0.1, 0.15) is 48.9 Å². The lowest BCUT2D eigenvalue weighted by Crippen LogP contribution is -2.53. The SMILES string of the molecule is NN=CN1CCC[C@H](NC(=O)C[C@H](NS(=O)(=O)c2ccc(C(N)=O)cc2)C(=O)N(CCC(=O)O)C2CC2)C1. The quantitative estimate of drug-likeness (QED) is 0.0856. The van der Waals surface area contributed by atoms with Crippen LogP contribution in [-0.4, -0.2) is 91.1 Å². The summed E-state index contributed by atoms with van der Waals surface area (Å²) in [6.07, 6.45) is 3.44. The van der Waals surface area contributed by atoms with Crippen LogP contribution < -0.4 is 21.6 Å². The Bertz CT molecular complexity index is 1170. The Balaban J connectivity index is 1.79. The second kappa shape index (κ2) is 12.7. The molecule has 0 aromatic heterocycles. The first-order valence-electron chi connectivity index (χ1n) is 12.2. The first-order chi connectivity index (χ1) is 18.0. The maximum Gasteiger partial charge on any atom is 0.305 e. The molecule has 1 aromatic carbocycles. The van der Waals surface area contributed by atoms with Crippen LogP contribution in [0.4, 0.5) is 0 Å². The maximum atomic E-state index is 13.5. The number of piperidine rings is 1. The van der Waals surface area contributed by atoms with Gasteiger partial charge < -0.3 is 31.8 Å². The number of amides is 3. The second-order valence-electron chi connectivity index (χ2n) is 9.34. The first-order valence-corrected chi connectivity index (χ1v) is 13.7. The summed E-state index contributed by atoms with van der Waals surface area (Å²) in [5.74, 6) is 2.16. The summed E-state index contributed by atoms with van der Waals surface area (Å²) in [6, 6.07) is 2.87. The van der Waals surface area contributed by atoms with Crippen molar-refractivity contribution in [2.45, 2.75) is 61.5 Å². The summed E-state index contributed by atoms with van der Waals surface area (Å²) < 4.78 is 28.6. The molecular formula is C23H33N7O7S. The highest BCUT2D eigenvalue weighted by Crippen LogP contribution is 2.28. The fourth-order valence-corrected chi connectivity index (χ4v) is 5.49. The van der Waals surface area contributed by atoms with E-state index in [1.807, 2.05) is 4.90 Å². The lowest BCUT2D eigenvalue weighted by atomic mass is 10.1. The van der Waals surface area contributed by atoms with Gasteiger partial charge in [0, 0.05) is 37.3 Å². The normalized spacial score (nSPS) is 18.6. The number of carboxylic acids is 1. The number of sulfonamides is 1. The van der Waals surface area contributed by atoms with E-state index in [1.54, 1.807) is 0 Å². The summed E-state index contributed by atoms with van der Waals surface area (Å²) in [5, 5.41) is 15.4. The molecule has 14 nitrogen and oxygen atoms in total. The third-order valence-electron chi connectivity index (χ3n) is 6.32. The van der Waals surface area contributed by atoms with Gasteiger partial charge in [-0.2, -0.15) is 9.82 Å². The van der Waals surface area contributed by atoms with Gasteiger partial charge in [-0.05, 0) is 49.9 Å². The molecule has 0 unspecified atom stereocenters. The molecule has 0 radical (unpaired) electrons. The number of carbonyl (C=O) groups excluding carboxylic acids is 3. The molecular weight excluding hydrogens is 518 g/mol. The highest BCUT2D eigenvalue weighted by atomic mass is 32.2. The van der Waals surface area contributed by atoms with E-state index in [-0.39, 0.29) is 35.5 Å². The molecule has 208 valence electrons. The summed E-state index contributed by atoms with van der Waals surface area (Å²) in [4.78, 5) is 51.8. The van der Waals surface area contributed by atoms with Crippen LogP contribution in [0.5, 0.6) is 0 Å². The molecule has 0 spiro atoms. The lowest BCUT2D eigenvalue weighted by Gasteiger charge is -2.32. The molecule has 1 aromatic rings. The van der Waals surface area contributed by atoms with E-state index in [0.717, 1.165) is 13.0 Å². The summed E-state index contributed by atoms with van der Waals surface area (Å²) in [5.41, 5.74) is 5.31. The number of carbonyl (C=O) groups is 4. The fourth-order valence-electron chi connectivity index (χ4n) is 4.30. The number of nitrogens with zero attached hydrogens (tertiary/aromatic N) is 3. The molecule has 3 amide bonds. The standard InChI is InChI=1S/C23H33N7O7S/c24-22(34)15-3-7-18(8-4-15)38(36,37)28-19(23(35)30(17-5-6-17)11-9-21(32)33)12-20(31)27-16-2-1-10-29(13-16)14-26-25/h3-4,7-8,14,16-17,19,28H,1-2,5-6,9-13,25H2,(H2,24,34)(H,27,31)(H,32,33)/t16-,19-/m0/s1. The molecule has 15 heteroatoms. The largest absolute Gasteiger partial charge is 0.481 e. The van der Waals surface area contributed by atoms with E-state index in [0.29, 0.717) is 25.8 Å². The molecule has 38 heavy (non-hydrogen) atoms. The Morgan fingerprint density at radius 3 is 2.45 bits per heavy atom. The Morgan fingerprint density at radius 2 is 1.87 bits per heavy atom. The van der Waals surface area contributed by atoms with Gasteiger partial charge in [0.2, 0.25) is 27.7 Å². The highest BCUT2D eigenvalue weighted by Gasteiger charge is 2.38. The van der Waals surface area contributed by atoms with Crippen LogP contribution in [0.15, 0.2) is 34.3 Å². The topological polar surface area (TPSA) is 218 Å². The van der Waals surface area contributed by atoms with Gasteiger partial charge in [-0.25, -0.2) is 8.42 Å². The van der Waals surface area contributed by atoms with Gasteiger partial charge in [-0.1, -0.05) is 0 Å². The summed E-state index contributed by atoms with van der Waals surface area (Å²) in [7, 11) is -4.30. The predicted octanol–water partition coefficient (Wildman–Crippen LogP) is -1.23. The van der Waals surface area contributed by atoms with Gasteiger partial charge in [0.1, 0.15) is 12.4 Å². The number of rotatable bonds is 13. The van der Waals surface area contributed by atoms with E-state index in [1.165, 1.54) is 35.5 Å². The molecule has 1 aliphatic carbocycles. The van der Waals surface area contributed by atoms with Crippen LogP contribution >= 0.6 is 0 Å². The predicted molar refractivity (Wildman–Crippen MR) is 136 cm³/mol. The molecule has 2 aliphatic rings. The van der Waals surface area contributed by atoms with Gasteiger partial charge in [-0.3, -0.25) is 19.2 Å². The van der Waals surface area contributed by atoms with Crippen molar-refractivity contribution in [3.05, 3.63) is 29.8 Å². The van der Waals surface area contributed by atoms with Gasteiger partial charge in [0.25, 0.3) is 0 Å². The average molecular weight is 552 g/mol.